The minimum atomic E-state index is -0.903. The van der Waals surface area contributed by atoms with Crippen LogP contribution in [0.15, 0.2) is 18.2 Å². The molecule has 0 heterocycles. The van der Waals surface area contributed by atoms with Gasteiger partial charge in [-0.25, -0.2) is 4.39 Å². The maximum atomic E-state index is 13.2. The van der Waals surface area contributed by atoms with Gasteiger partial charge in [0.2, 0.25) is 0 Å². The Kier molecular flexibility index (Phi) is 4.73. The van der Waals surface area contributed by atoms with E-state index in [-0.39, 0.29) is 22.8 Å². The van der Waals surface area contributed by atoms with Crippen molar-refractivity contribution in [2.45, 2.75) is 6.92 Å². The molecular weight excluding hydrogens is 257 g/mol. The number of hydrogen-bond acceptors (Lipinski definition) is 3. The molecule has 0 atom stereocenters. The second-order valence-electron chi connectivity index (χ2n) is 3.52. The van der Waals surface area contributed by atoms with Crippen LogP contribution in [0.25, 0.3) is 0 Å². The summed E-state index contributed by atoms with van der Waals surface area (Å²) >= 11 is 4.55. The van der Waals surface area contributed by atoms with E-state index in [1.807, 2.05) is 0 Å². The molecule has 96 valence electrons. The van der Waals surface area contributed by atoms with E-state index in [0.29, 0.717) is 0 Å². The van der Waals surface area contributed by atoms with E-state index in [1.165, 1.54) is 25.1 Å². The van der Waals surface area contributed by atoms with Crippen molar-refractivity contribution >= 4 is 34.7 Å². The van der Waals surface area contributed by atoms with Crippen molar-refractivity contribution in [3.8, 4) is 0 Å². The van der Waals surface area contributed by atoms with Gasteiger partial charge in [-0.2, -0.15) is 0 Å². The molecule has 5 nitrogen and oxygen atoms in total. The minimum Gasteiger partial charge on any atom is -0.392 e. The van der Waals surface area contributed by atoms with Gasteiger partial charge in [-0.15, -0.1) is 0 Å². The van der Waals surface area contributed by atoms with Gasteiger partial charge in [-0.1, -0.05) is 18.3 Å². The number of hydrogen-bond donors (Lipinski definition) is 3. The van der Waals surface area contributed by atoms with Crippen molar-refractivity contribution in [1.29, 1.82) is 0 Å². The first-order chi connectivity index (χ1) is 8.41. The molecule has 0 bridgehead atoms. The summed E-state index contributed by atoms with van der Waals surface area (Å²) in [6, 6.07) is 4.19. The molecule has 0 aliphatic heterocycles. The number of amides is 2. The van der Waals surface area contributed by atoms with Crippen LogP contribution >= 0.6 is 12.2 Å². The van der Waals surface area contributed by atoms with E-state index in [1.54, 1.807) is 0 Å². The number of nitrogens with two attached hydrogens (primary N) is 1. The van der Waals surface area contributed by atoms with E-state index in [4.69, 9.17) is 5.73 Å². The summed E-state index contributed by atoms with van der Waals surface area (Å²) in [5.74, 6) is -2.25. The van der Waals surface area contributed by atoms with Gasteiger partial charge in [0.25, 0.3) is 0 Å². The van der Waals surface area contributed by atoms with Gasteiger partial charge < -0.3 is 16.4 Å². The molecule has 0 spiro atoms. The second-order valence-corrected chi connectivity index (χ2v) is 4.04. The summed E-state index contributed by atoms with van der Waals surface area (Å²) < 4.78 is 13.2. The van der Waals surface area contributed by atoms with Gasteiger partial charge in [-0.05, 0) is 19.1 Å². The zero-order chi connectivity index (χ0) is 13.7. The van der Waals surface area contributed by atoms with E-state index in [9.17, 15) is 14.0 Å². The second kappa shape index (κ2) is 6.06. The molecule has 0 radical (unpaired) electrons. The first-order valence-corrected chi connectivity index (χ1v) is 5.45. The monoisotopic (exact) mass is 269 g/mol. The summed E-state index contributed by atoms with van der Waals surface area (Å²) in [5, 5.41) is 4.52. The summed E-state index contributed by atoms with van der Waals surface area (Å²) in [5.41, 5.74) is 5.67. The Hall–Kier alpha value is -2.02. The van der Waals surface area contributed by atoms with Gasteiger partial charge in [0.15, 0.2) is 0 Å². The van der Waals surface area contributed by atoms with Crippen LogP contribution in [0.3, 0.4) is 0 Å². The molecule has 1 aromatic rings. The van der Waals surface area contributed by atoms with Crippen LogP contribution in [0.2, 0.25) is 0 Å². The average Bonchev–Trinajstić information content (AvgIpc) is 2.31. The smallest absolute Gasteiger partial charge is 0.313 e. The van der Waals surface area contributed by atoms with Crippen molar-refractivity contribution in [1.82, 2.24) is 5.32 Å². The van der Waals surface area contributed by atoms with Crippen molar-refractivity contribution in [3.05, 3.63) is 29.6 Å². The van der Waals surface area contributed by atoms with Gasteiger partial charge in [0.05, 0.1) is 11.5 Å². The number of anilines is 1. The number of carbonyl (C=O) groups is 2. The topological polar surface area (TPSA) is 84.2 Å². The third kappa shape index (κ3) is 3.77. The molecule has 18 heavy (non-hydrogen) atoms. The zero-order valence-corrected chi connectivity index (χ0v) is 10.4. The predicted octanol–water partition coefficient (Wildman–Crippen LogP) is 0.475. The summed E-state index contributed by atoms with van der Waals surface area (Å²) in [6.45, 7) is 1.43. The Bertz CT molecular complexity index is 505. The highest BCUT2D eigenvalue weighted by atomic mass is 32.1. The highest BCUT2D eigenvalue weighted by Crippen LogP contribution is 2.16. The summed E-state index contributed by atoms with van der Waals surface area (Å²) in [7, 11) is 0. The fourth-order valence-electron chi connectivity index (χ4n) is 1.17. The molecule has 0 aromatic heterocycles. The lowest BCUT2D eigenvalue weighted by Gasteiger charge is -2.08. The van der Waals surface area contributed by atoms with Crippen LogP contribution in [0.5, 0.6) is 0 Å². The molecular formula is C11H12FN3O2S. The van der Waals surface area contributed by atoms with E-state index < -0.39 is 17.6 Å². The van der Waals surface area contributed by atoms with Crippen molar-refractivity contribution in [2.24, 2.45) is 5.73 Å². The quantitative estimate of drug-likeness (QED) is 0.550. The van der Waals surface area contributed by atoms with Crippen molar-refractivity contribution < 1.29 is 14.0 Å². The summed E-state index contributed by atoms with van der Waals surface area (Å²) in [4.78, 5) is 22.8. The fraction of sp³-hybridized carbons (Fsp3) is 0.182. The molecule has 0 fully saturated rings. The lowest BCUT2D eigenvalue weighted by atomic mass is 10.2. The van der Waals surface area contributed by atoms with Gasteiger partial charge in [-0.3, -0.25) is 9.59 Å². The van der Waals surface area contributed by atoms with Gasteiger partial charge >= 0.3 is 11.8 Å². The molecule has 2 amide bonds. The Labute approximate surface area is 109 Å². The number of thiocarbonyl (C=S) groups is 1. The Balaban J connectivity index is 2.67. The SMILES string of the molecule is Cc1c(F)cccc1NC(=O)C(=O)NCC(N)=S. The normalized spacial score (nSPS) is 9.67. The number of carbonyl (C=O) groups excluding carboxylic acids is 2. The van der Waals surface area contributed by atoms with Crippen LogP contribution in [0.1, 0.15) is 5.56 Å². The van der Waals surface area contributed by atoms with Gasteiger partial charge in [0, 0.05) is 11.3 Å². The molecule has 0 aliphatic carbocycles. The minimum absolute atomic E-state index is 0.0658. The molecule has 0 unspecified atom stereocenters. The van der Waals surface area contributed by atoms with Crippen molar-refractivity contribution in [3.63, 3.8) is 0 Å². The molecule has 0 saturated carbocycles. The lowest BCUT2D eigenvalue weighted by Crippen LogP contribution is -2.39. The number of nitrogens with one attached hydrogen (secondary N) is 2. The molecule has 0 aliphatic rings. The van der Waals surface area contributed by atoms with Crippen LogP contribution < -0.4 is 16.4 Å². The van der Waals surface area contributed by atoms with Crippen LogP contribution in [-0.2, 0) is 9.59 Å². The van der Waals surface area contributed by atoms with Gasteiger partial charge in [0.1, 0.15) is 5.82 Å². The lowest BCUT2D eigenvalue weighted by molar-refractivity contribution is -0.135. The number of benzene rings is 1. The fourth-order valence-corrected chi connectivity index (χ4v) is 1.24. The standard InChI is InChI=1S/C11H12FN3O2S/c1-6-7(12)3-2-4-8(6)15-11(17)10(16)14-5-9(13)18/h2-4H,5H2,1H3,(H2,13,18)(H,14,16)(H,15,17). The molecule has 1 rings (SSSR count). The summed E-state index contributed by atoms with van der Waals surface area (Å²) in [6.07, 6.45) is 0. The van der Waals surface area contributed by atoms with E-state index >= 15 is 0 Å². The highest BCUT2D eigenvalue weighted by Gasteiger charge is 2.15. The molecule has 4 N–H and O–H groups in total. The maximum absolute atomic E-state index is 13.2. The Morgan fingerprint density at radius 3 is 2.67 bits per heavy atom. The predicted molar refractivity (Wildman–Crippen MR) is 69.6 cm³/mol. The first kappa shape index (κ1) is 14.0. The highest BCUT2D eigenvalue weighted by molar-refractivity contribution is 7.80. The van der Waals surface area contributed by atoms with Crippen LogP contribution in [-0.4, -0.2) is 23.3 Å². The average molecular weight is 269 g/mol. The zero-order valence-electron chi connectivity index (χ0n) is 9.62. The third-order valence-corrected chi connectivity index (χ3v) is 2.29. The first-order valence-electron chi connectivity index (χ1n) is 5.04. The molecule has 7 heteroatoms. The maximum Gasteiger partial charge on any atom is 0.313 e. The van der Waals surface area contributed by atoms with Crippen LogP contribution in [0, 0.1) is 12.7 Å². The largest absolute Gasteiger partial charge is 0.392 e. The number of rotatable bonds is 3. The molecule has 0 saturated heterocycles. The molecule has 1 aromatic carbocycles. The third-order valence-electron chi connectivity index (χ3n) is 2.15. The Morgan fingerprint density at radius 2 is 2.06 bits per heavy atom. The van der Waals surface area contributed by atoms with E-state index in [2.05, 4.69) is 22.9 Å². The van der Waals surface area contributed by atoms with Crippen LogP contribution in [0.4, 0.5) is 10.1 Å². The van der Waals surface area contributed by atoms with E-state index in [0.717, 1.165) is 0 Å². The van der Waals surface area contributed by atoms with Crippen molar-refractivity contribution in [2.75, 3.05) is 11.9 Å². The number of halogens is 1. The Morgan fingerprint density at radius 1 is 1.39 bits per heavy atom.